The van der Waals surface area contributed by atoms with Crippen molar-refractivity contribution in [3.05, 3.63) is 57.9 Å². The van der Waals surface area contributed by atoms with Crippen LogP contribution in [-0.4, -0.2) is 54.1 Å². The molecule has 1 aliphatic heterocycles. The maximum Gasteiger partial charge on any atom is 0.165 e. The summed E-state index contributed by atoms with van der Waals surface area (Å²) in [6.07, 6.45) is 7.11. The van der Waals surface area contributed by atoms with Crippen molar-refractivity contribution < 1.29 is 9.90 Å². The summed E-state index contributed by atoms with van der Waals surface area (Å²) in [4.78, 5) is 18.5. The number of nitrogens with one attached hydrogen (secondary N) is 1. The molecule has 1 aromatic rings. The Balaban J connectivity index is 0.00000281. The van der Waals surface area contributed by atoms with Gasteiger partial charge in [-0.15, -0.1) is 0 Å². The number of nitrogens with zero attached hydrogens (tertiary/aromatic N) is 2. The largest absolute Gasteiger partial charge is 0.404 e. The molecule has 1 saturated heterocycles. The van der Waals surface area contributed by atoms with Gasteiger partial charge in [0.1, 0.15) is 0 Å². The van der Waals surface area contributed by atoms with Crippen LogP contribution in [0.2, 0.25) is 10.0 Å². The average Bonchev–Trinajstić information content (AvgIpc) is 2.85. The Morgan fingerprint density at radius 1 is 1.41 bits per heavy atom. The number of aliphatic hydroxyl groups is 1. The van der Waals surface area contributed by atoms with Crippen molar-refractivity contribution >= 4 is 47.8 Å². The molecule has 0 aliphatic carbocycles. The zero-order chi connectivity index (χ0) is 25.5. The molecule has 190 valence electrons. The number of halogens is 2. The van der Waals surface area contributed by atoms with E-state index in [0.29, 0.717) is 28.0 Å². The molecule has 0 saturated carbocycles. The Morgan fingerprint density at radius 2 is 2.15 bits per heavy atom. The highest BCUT2D eigenvalue weighted by Crippen LogP contribution is 2.25. The van der Waals surface area contributed by atoms with Crippen LogP contribution in [0, 0.1) is 5.92 Å². The molecule has 1 heterocycles. The minimum Gasteiger partial charge on any atom is -0.404 e. The van der Waals surface area contributed by atoms with Gasteiger partial charge in [-0.3, -0.25) is 14.7 Å². The molecule has 0 bridgehead atoms. The minimum atomic E-state index is -0.204. The van der Waals surface area contributed by atoms with Gasteiger partial charge in [-0.1, -0.05) is 42.8 Å². The van der Waals surface area contributed by atoms with Gasteiger partial charge in [0.05, 0.1) is 21.0 Å². The molecule has 0 spiro atoms. The maximum atomic E-state index is 11.7. The molecule has 2 rings (SSSR count). The van der Waals surface area contributed by atoms with Crippen LogP contribution >= 0.6 is 35.8 Å². The van der Waals surface area contributed by atoms with Crippen molar-refractivity contribution in [1.29, 1.82) is 0 Å². The van der Waals surface area contributed by atoms with Gasteiger partial charge >= 0.3 is 0 Å². The van der Waals surface area contributed by atoms with Crippen LogP contribution in [0.15, 0.2) is 47.2 Å². The number of ketones is 1. The lowest BCUT2D eigenvalue weighted by atomic mass is 9.97. The van der Waals surface area contributed by atoms with Crippen LogP contribution in [0.1, 0.15) is 44.6 Å². The monoisotopic (exact) mass is 528 g/mol. The minimum absolute atomic E-state index is 0.0245. The van der Waals surface area contributed by atoms with Crippen molar-refractivity contribution in [2.24, 2.45) is 16.6 Å². The third kappa shape index (κ3) is 11.3. The molecule has 1 fully saturated rings. The molecule has 0 aromatic heterocycles. The summed E-state index contributed by atoms with van der Waals surface area (Å²) in [5.41, 5.74) is 8.09. The fourth-order valence-corrected chi connectivity index (χ4v) is 4.21. The number of aliphatic hydroxyl groups excluding tert-OH is 1. The molecular weight excluding hydrogens is 491 g/mol. The fraction of sp³-hybridized carbons (Fsp3) is 0.520. The lowest BCUT2D eigenvalue weighted by Gasteiger charge is -2.33. The number of nitrogens with two attached hydrogens (primary N) is 1. The topological polar surface area (TPSA) is 90.9 Å². The van der Waals surface area contributed by atoms with E-state index in [1.165, 1.54) is 30.8 Å². The summed E-state index contributed by atoms with van der Waals surface area (Å²) < 4.78 is 0. The molecular formula is C25H38Cl2N4O2S. The third-order valence-corrected chi connectivity index (χ3v) is 6.68. The first-order chi connectivity index (χ1) is 16.3. The number of piperidine rings is 1. The number of hydrogen-bond acceptors (Lipinski definition) is 7. The first kappa shape index (κ1) is 30.5. The normalized spacial score (nSPS) is 17.7. The number of likely N-dealkylation sites (tertiary alicyclic amines) is 1. The summed E-state index contributed by atoms with van der Waals surface area (Å²) in [5.74, 6) is 0.550. The highest BCUT2D eigenvalue weighted by molar-refractivity contribution is 7.80. The van der Waals surface area contributed by atoms with Crippen LogP contribution in [0.5, 0.6) is 0 Å². The number of Topliss-reactive ketones (excluding diaryl/α,β-unsaturated/α-hetero) is 1. The molecule has 6 nitrogen and oxygen atoms in total. The van der Waals surface area contributed by atoms with Crippen LogP contribution in [-0.2, 0) is 11.3 Å². The second kappa shape index (κ2) is 17.0. The Hall–Kier alpha value is -1.51. The van der Waals surface area contributed by atoms with E-state index in [1.54, 1.807) is 6.92 Å². The Bertz CT molecular complexity index is 848. The van der Waals surface area contributed by atoms with E-state index < -0.39 is 0 Å². The van der Waals surface area contributed by atoms with Crippen molar-refractivity contribution in [2.75, 3.05) is 26.7 Å². The number of rotatable bonds is 12. The van der Waals surface area contributed by atoms with Gasteiger partial charge in [0.25, 0.3) is 0 Å². The van der Waals surface area contributed by atoms with E-state index in [9.17, 15) is 4.79 Å². The van der Waals surface area contributed by atoms with Crippen LogP contribution in [0.25, 0.3) is 0 Å². The van der Waals surface area contributed by atoms with Crippen LogP contribution in [0.4, 0.5) is 0 Å². The van der Waals surface area contributed by atoms with Crippen LogP contribution < -0.4 is 11.1 Å². The maximum absolute atomic E-state index is 11.7. The first-order valence-corrected chi connectivity index (χ1v) is 12.8. The Labute approximate surface area is 219 Å². The summed E-state index contributed by atoms with van der Waals surface area (Å²) in [6.45, 7) is 9.87. The van der Waals surface area contributed by atoms with E-state index >= 15 is 0 Å². The van der Waals surface area contributed by atoms with Crippen molar-refractivity contribution in [1.82, 2.24) is 10.2 Å². The number of carbonyl (C=O) groups is 1. The van der Waals surface area contributed by atoms with Gasteiger partial charge in [0.2, 0.25) is 0 Å². The average molecular weight is 530 g/mol. The highest BCUT2D eigenvalue weighted by atomic mass is 35.5. The smallest absolute Gasteiger partial charge is 0.165 e. The second-order valence-corrected chi connectivity index (χ2v) is 9.58. The zero-order valence-corrected chi connectivity index (χ0v) is 22.5. The zero-order valence-electron chi connectivity index (χ0n) is 20.1. The number of carbonyl (C=O) groups excluding carboxylic acids is 1. The number of hydrogen-bond donors (Lipinski definition) is 4. The van der Waals surface area contributed by atoms with Gasteiger partial charge in [0, 0.05) is 51.3 Å². The predicted octanol–water partition coefficient (Wildman–Crippen LogP) is 4.85. The Kier molecular flexibility index (Phi) is 15.3. The van der Waals surface area contributed by atoms with E-state index in [0.717, 1.165) is 51.8 Å². The molecule has 1 aliphatic rings. The summed E-state index contributed by atoms with van der Waals surface area (Å²) >= 11 is 16.7. The Morgan fingerprint density at radius 3 is 2.79 bits per heavy atom. The molecule has 0 radical (unpaired) electrons. The first-order valence-electron chi connectivity index (χ1n) is 11.5. The lowest BCUT2D eigenvalue weighted by molar-refractivity contribution is -0.114. The fourth-order valence-electron chi connectivity index (χ4n) is 3.69. The second-order valence-electron chi connectivity index (χ2n) is 8.17. The van der Waals surface area contributed by atoms with Gasteiger partial charge in [-0.2, -0.15) is 12.6 Å². The van der Waals surface area contributed by atoms with Crippen molar-refractivity contribution in [3.63, 3.8) is 0 Å². The molecule has 2 unspecified atom stereocenters. The van der Waals surface area contributed by atoms with E-state index in [-0.39, 0.29) is 11.2 Å². The molecule has 34 heavy (non-hydrogen) atoms. The van der Waals surface area contributed by atoms with Crippen LogP contribution in [0.3, 0.4) is 0 Å². The predicted molar refractivity (Wildman–Crippen MR) is 148 cm³/mol. The SMILES string of the molecule is C=C(CCC(S)/N=C\C(=C/N)C(=O)CC)NCC1CCCN(Cc2ccc(Cl)c(Cl)c2)C1.CO. The summed E-state index contributed by atoms with van der Waals surface area (Å²) in [5, 5.41) is 11.5. The number of benzene rings is 1. The van der Waals surface area contributed by atoms with Gasteiger partial charge in [-0.25, -0.2) is 0 Å². The van der Waals surface area contributed by atoms with E-state index in [1.807, 2.05) is 18.2 Å². The number of allylic oxidation sites excluding steroid dienone is 2. The third-order valence-electron chi connectivity index (χ3n) is 5.55. The molecule has 0 amide bonds. The standard InChI is InChI=1S/C24H34Cl2N4OS.CH4O/c1-3-23(31)20(12-27)14-29-24(32)9-6-17(2)28-13-19-5-4-10-30(16-19)15-18-7-8-21(25)22(26)11-18;1-2/h7-8,11-12,14,19,24,28,32H,2-6,9-10,13,15-16,27H2,1H3;2H,1H3/b20-12+,29-14-;. The molecule has 9 heteroatoms. The number of aliphatic imine (C=N–C) groups is 1. The van der Waals surface area contributed by atoms with Crippen molar-refractivity contribution in [3.8, 4) is 0 Å². The quantitative estimate of drug-likeness (QED) is 0.177. The molecule has 2 atom stereocenters. The summed E-state index contributed by atoms with van der Waals surface area (Å²) in [7, 11) is 1.00. The van der Waals surface area contributed by atoms with Gasteiger partial charge in [0.15, 0.2) is 5.78 Å². The summed E-state index contributed by atoms with van der Waals surface area (Å²) in [6, 6.07) is 5.85. The number of thiol groups is 1. The highest BCUT2D eigenvalue weighted by Gasteiger charge is 2.20. The van der Waals surface area contributed by atoms with E-state index in [2.05, 4.69) is 34.4 Å². The van der Waals surface area contributed by atoms with Gasteiger partial charge < -0.3 is 16.2 Å². The van der Waals surface area contributed by atoms with E-state index in [4.69, 9.17) is 34.0 Å². The molecule has 1 aromatic carbocycles. The molecule has 4 N–H and O–H groups in total. The lowest BCUT2D eigenvalue weighted by Crippen LogP contribution is -2.39. The van der Waals surface area contributed by atoms with Crippen molar-refractivity contribution in [2.45, 2.75) is 50.9 Å². The van der Waals surface area contributed by atoms with Gasteiger partial charge in [-0.05, 0) is 55.8 Å².